The number of hydrogen-bond donors (Lipinski definition) is 4. The van der Waals surface area contributed by atoms with E-state index in [-0.39, 0.29) is 6.04 Å². The van der Waals surface area contributed by atoms with E-state index in [1.807, 2.05) is 6.92 Å². The number of alkyl carbamates (subject to hydrolysis) is 1. The van der Waals surface area contributed by atoms with Gasteiger partial charge in [-0.05, 0) is 39.9 Å². The highest BCUT2D eigenvalue weighted by Gasteiger charge is 2.44. The van der Waals surface area contributed by atoms with Gasteiger partial charge in [-0.3, -0.25) is 0 Å². The van der Waals surface area contributed by atoms with Crippen molar-refractivity contribution in [3.63, 3.8) is 0 Å². The zero-order valence-corrected chi connectivity index (χ0v) is 15.9. The third-order valence-corrected chi connectivity index (χ3v) is 4.63. The van der Waals surface area contributed by atoms with Crippen LogP contribution in [0.4, 0.5) is 4.79 Å². The van der Waals surface area contributed by atoms with Crippen LogP contribution in [0.15, 0.2) is 0 Å². The molecule has 1 aliphatic rings. The highest BCUT2D eigenvalue weighted by molar-refractivity contribution is 7.99. The lowest BCUT2D eigenvalue weighted by molar-refractivity contribution is -0.200. The second kappa shape index (κ2) is 9.24. The zero-order valence-electron chi connectivity index (χ0n) is 15.1. The fourth-order valence-electron chi connectivity index (χ4n) is 2.66. The molecule has 6 atom stereocenters. The first-order valence-corrected chi connectivity index (χ1v) is 9.59. The molecule has 0 bridgehead atoms. The van der Waals surface area contributed by atoms with Crippen molar-refractivity contribution in [3.8, 4) is 0 Å². The van der Waals surface area contributed by atoms with Gasteiger partial charge in [-0.15, -0.1) is 11.8 Å². The Kier molecular flexibility index (Phi) is 8.28. The normalized spacial score (nSPS) is 32.2. The molecule has 24 heavy (non-hydrogen) atoms. The summed E-state index contributed by atoms with van der Waals surface area (Å²) in [6.45, 7) is 7.36. The maximum Gasteiger partial charge on any atom is 0.407 e. The highest BCUT2D eigenvalue weighted by atomic mass is 32.2. The number of thioether (sulfide) groups is 1. The van der Waals surface area contributed by atoms with E-state index in [2.05, 4.69) is 5.32 Å². The molecular weight excluding hydrogens is 334 g/mol. The minimum Gasteiger partial charge on any atom is -0.444 e. The Balaban J connectivity index is 2.71. The lowest BCUT2D eigenvalue weighted by atomic mass is 9.93. The molecule has 0 aromatic carbocycles. The van der Waals surface area contributed by atoms with Crippen LogP contribution in [0.5, 0.6) is 0 Å². The molecule has 4 N–H and O–H groups in total. The van der Waals surface area contributed by atoms with E-state index in [0.29, 0.717) is 12.8 Å². The molecule has 0 spiro atoms. The van der Waals surface area contributed by atoms with E-state index in [4.69, 9.17) is 9.47 Å². The molecule has 1 fully saturated rings. The zero-order chi connectivity index (χ0) is 18.5. The maximum atomic E-state index is 12.0. The van der Waals surface area contributed by atoms with E-state index in [9.17, 15) is 20.1 Å². The predicted octanol–water partition coefficient (Wildman–Crippen LogP) is 1.24. The van der Waals surface area contributed by atoms with E-state index >= 15 is 0 Å². The Morgan fingerprint density at radius 1 is 1.25 bits per heavy atom. The van der Waals surface area contributed by atoms with E-state index in [1.54, 1.807) is 27.0 Å². The first-order valence-electron chi connectivity index (χ1n) is 8.31. The summed E-state index contributed by atoms with van der Waals surface area (Å²) in [7, 11) is 0. The number of amides is 1. The minimum atomic E-state index is -1.27. The first-order chi connectivity index (χ1) is 11.1. The van der Waals surface area contributed by atoms with Gasteiger partial charge in [-0.2, -0.15) is 0 Å². The van der Waals surface area contributed by atoms with Gasteiger partial charge in [0, 0.05) is 6.04 Å². The Morgan fingerprint density at radius 2 is 1.88 bits per heavy atom. The fraction of sp³-hybridized carbons (Fsp3) is 0.938. The molecule has 1 heterocycles. The van der Waals surface area contributed by atoms with Crippen molar-refractivity contribution in [2.24, 2.45) is 0 Å². The molecule has 0 saturated carbocycles. The molecule has 7 nitrogen and oxygen atoms in total. The quantitative estimate of drug-likeness (QED) is 0.561. The fourth-order valence-corrected chi connectivity index (χ4v) is 3.35. The monoisotopic (exact) mass is 365 g/mol. The van der Waals surface area contributed by atoms with E-state index in [0.717, 1.165) is 6.42 Å². The smallest absolute Gasteiger partial charge is 0.407 e. The number of ether oxygens (including phenoxy) is 2. The molecule has 142 valence electrons. The van der Waals surface area contributed by atoms with Crippen molar-refractivity contribution in [2.45, 2.75) is 88.5 Å². The van der Waals surface area contributed by atoms with Gasteiger partial charge in [0.25, 0.3) is 0 Å². The lowest BCUT2D eigenvalue weighted by Gasteiger charge is -2.41. The molecule has 1 amide bonds. The standard InChI is InChI=1S/C16H31NO6S/c1-6-7-9(17-15(21)23-16(2,3)4)8-10-11(18)12(19)13(20)14(22-10)24-5/h9-14,18-20H,6-8H2,1-5H3,(H,17,21). The summed E-state index contributed by atoms with van der Waals surface area (Å²) in [5.74, 6) is 0. The molecule has 6 unspecified atom stereocenters. The maximum absolute atomic E-state index is 12.0. The SMILES string of the molecule is CCCC(CC1OC(SC)C(O)C(O)C1O)NC(=O)OC(C)(C)C. The average Bonchev–Trinajstić information content (AvgIpc) is 2.46. The number of aliphatic hydroxyl groups is 3. The van der Waals surface area contributed by atoms with Gasteiger partial charge in [0.05, 0.1) is 6.10 Å². The van der Waals surface area contributed by atoms with Crippen LogP contribution < -0.4 is 5.32 Å². The average molecular weight is 365 g/mol. The van der Waals surface area contributed by atoms with Crippen molar-refractivity contribution in [3.05, 3.63) is 0 Å². The second-order valence-electron chi connectivity index (χ2n) is 7.12. The van der Waals surface area contributed by atoms with Crippen LogP contribution in [-0.2, 0) is 9.47 Å². The van der Waals surface area contributed by atoms with E-state index in [1.165, 1.54) is 11.8 Å². The molecule has 0 aromatic heterocycles. The number of rotatable bonds is 6. The number of carbonyl (C=O) groups excluding carboxylic acids is 1. The number of nitrogens with one attached hydrogen (secondary N) is 1. The topological polar surface area (TPSA) is 108 Å². The van der Waals surface area contributed by atoms with Crippen LogP contribution in [0, 0.1) is 0 Å². The van der Waals surface area contributed by atoms with Crippen molar-refractivity contribution in [1.82, 2.24) is 5.32 Å². The summed E-state index contributed by atoms with van der Waals surface area (Å²) in [4.78, 5) is 12.0. The van der Waals surface area contributed by atoms with Crippen LogP contribution in [0.1, 0.15) is 47.0 Å². The molecule has 0 radical (unpaired) electrons. The van der Waals surface area contributed by atoms with Crippen LogP contribution >= 0.6 is 11.8 Å². The Bertz CT molecular complexity index is 401. The van der Waals surface area contributed by atoms with Crippen molar-refractivity contribution < 1.29 is 29.6 Å². The Hall–Kier alpha value is -0.540. The molecule has 1 rings (SSSR count). The van der Waals surface area contributed by atoms with Gasteiger partial charge >= 0.3 is 6.09 Å². The molecule has 1 aliphatic heterocycles. The third-order valence-electron chi connectivity index (χ3n) is 3.78. The van der Waals surface area contributed by atoms with Gasteiger partial charge in [-0.1, -0.05) is 13.3 Å². The molecule has 8 heteroatoms. The largest absolute Gasteiger partial charge is 0.444 e. The van der Waals surface area contributed by atoms with Crippen LogP contribution in [0.3, 0.4) is 0 Å². The third kappa shape index (κ3) is 6.40. The highest BCUT2D eigenvalue weighted by Crippen LogP contribution is 2.29. The summed E-state index contributed by atoms with van der Waals surface area (Å²) in [6.07, 6.45) is -1.20. The summed E-state index contributed by atoms with van der Waals surface area (Å²) in [6, 6.07) is -0.255. The van der Waals surface area contributed by atoms with Crippen molar-refractivity contribution in [2.75, 3.05) is 6.26 Å². The summed E-state index contributed by atoms with van der Waals surface area (Å²) < 4.78 is 11.0. The number of aliphatic hydroxyl groups excluding tert-OH is 3. The molecule has 0 aliphatic carbocycles. The second-order valence-corrected chi connectivity index (χ2v) is 8.05. The molecule has 1 saturated heterocycles. The van der Waals surface area contributed by atoms with Gasteiger partial charge in [-0.25, -0.2) is 4.79 Å². The first kappa shape index (κ1) is 21.5. The predicted molar refractivity (Wildman–Crippen MR) is 92.9 cm³/mol. The number of hydrogen-bond acceptors (Lipinski definition) is 7. The summed E-state index contributed by atoms with van der Waals surface area (Å²) in [5, 5.41) is 32.8. The lowest BCUT2D eigenvalue weighted by Crippen LogP contribution is -2.57. The van der Waals surface area contributed by atoms with Crippen LogP contribution in [0.25, 0.3) is 0 Å². The molecular formula is C16H31NO6S. The Morgan fingerprint density at radius 3 is 2.38 bits per heavy atom. The van der Waals surface area contributed by atoms with Crippen molar-refractivity contribution in [1.29, 1.82) is 0 Å². The van der Waals surface area contributed by atoms with Gasteiger partial charge < -0.3 is 30.1 Å². The van der Waals surface area contributed by atoms with Crippen LogP contribution in [0.2, 0.25) is 0 Å². The van der Waals surface area contributed by atoms with Gasteiger partial charge in [0.15, 0.2) is 0 Å². The summed E-state index contributed by atoms with van der Waals surface area (Å²) >= 11 is 1.27. The van der Waals surface area contributed by atoms with Gasteiger partial charge in [0.2, 0.25) is 0 Å². The van der Waals surface area contributed by atoms with Crippen molar-refractivity contribution >= 4 is 17.9 Å². The summed E-state index contributed by atoms with van der Waals surface area (Å²) in [5.41, 5.74) is -1.21. The molecule has 0 aromatic rings. The Labute approximate surface area is 148 Å². The van der Waals surface area contributed by atoms with E-state index < -0.39 is 41.5 Å². The van der Waals surface area contributed by atoms with Crippen LogP contribution in [-0.4, -0.2) is 69.2 Å². The number of carbonyl (C=O) groups is 1. The minimum absolute atomic E-state index is 0.255. The van der Waals surface area contributed by atoms with Gasteiger partial charge in [0.1, 0.15) is 29.3 Å².